The molecule has 15 heavy (non-hydrogen) atoms. The molecule has 0 rings (SSSR count). The fraction of sp³-hybridized carbons (Fsp3) is 0.909. The van der Waals surface area contributed by atoms with E-state index in [0.29, 0.717) is 6.04 Å². The molecule has 0 saturated heterocycles. The zero-order valence-corrected chi connectivity index (χ0v) is 10.4. The molecule has 0 bridgehead atoms. The SMILES string of the molecule is CCCC(C)N(C)CCC(NC)C(N)=O. The number of rotatable bonds is 8. The summed E-state index contributed by atoms with van der Waals surface area (Å²) in [4.78, 5) is 13.3. The molecular weight excluding hydrogens is 190 g/mol. The number of carbonyl (C=O) groups is 1. The maximum atomic E-state index is 11.0. The smallest absolute Gasteiger partial charge is 0.234 e. The van der Waals surface area contributed by atoms with Crippen LogP contribution < -0.4 is 11.1 Å². The van der Waals surface area contributed by atoms with Gasteiger partial charge in [-0.1, -0.05) is 13.3 Å². The molecule has 0 aromatic carbocycles. The van der Waals surface area contributed by atoms with Gasteiger partial charge in [-0.25, -0.2) is 0 Å². The lowest BCUT2D eigenvalue weighted by Gasteiger charge is -2.25. The summed E-state index contributed by atoms with van der Waals surface area (Å²) in [6.07, 6.45) is 3.16. The Kier molecular flexibility index (Phi) is 7.34. The maximum absolute atomic E-state index is 11.0. The van der Waals surface area contributed by atoms with E-state index in [1.165, 1.54) is 12.8 Å². The molecule has 4 nitrogen and oxygen atoms in total. The Balaban J connectivity index is 3.86. The van der Waals surface area contributed by atoms with E-state index in [1.54, 1.807) is 7.05 Å². The number of primary amides is 1. The molecule has 0 aliphatic rings. The first kappa shape index (κ1) is 14.4. The normalized spacial score (nSPS) is 15.3. The molecule has 0 spiro atoms. The number of nitrogens with two attached hydrogens (primary N) is 1. The fourth-order valence-electron chi connectivity index (χ4n) is 1.62. The number of carbonyl (C=O) groups excluding carboxylic acids is 1. The Morgan fingerprint density at radius 2 is 2.07 bits per heavy atom. The monoisotopic (exact) mass is 215 g/mol. The Morgan fingerprint density at radius 1 is 1.47 bits per heavy atom. The van der Waals surface area contributed by atoms with Gasteiger partial charge in [-0.3, -0.25) is 4.79 Å². The third-order valence-electron chi connectivity index (χ3n) is 2.92. The van der Waals surface area contributed by atoms with Crippen molar-refractivity contribution in [2.75, 3.05) is 20.6 Å². The number of hydrogen-bond acceptors (Lipinski definition) is 3. The number of nitrogens with zero attached hydrogens (tertiary/aromatic N) is 1. The molecule has 0 saturated carbocycles. The Labute approximate surface area is 93.2 Å². The zero-order valence-electron chi connectivity index (χ0n) is 10.4. The number of nitrogens with one attached hydrogen (secondary N) is 1. The van der Waals surface area contributed by atoms with Crippen molar-refractivity contribution in [3.8, 4) is 0 Å². The van der Waals surface area contributed by atoms with Crippen molar-refractivity contribution < 1.29 is 4.79 Å². The van der Waals surface area contributed by atoms with E-state index >= 15 is 0 Å². The van der Waals surface area contributed by atoms with E-state index in [-0.39, 0.29) is 11.9 Å². The van der Waals surface area contributed by atoms with Crippen LogP contribution >= 0.6 is 0 Å². The van der Waals surface area contributed by atoms with Crippen LogP contribution in [0.25, 0.3) is 0 Å². The molecule has 0 aromatic rings. The van der Waals surface area contributed by atoms with Crippen molar-refractivity contribution in [2.45, 2.75) is 45.2 Å². The van der Waals surface area contributed by atoms with Crippen LogP contribution in [0.2, 0.25) is 0 Å². The Morgan fingerprint density at radius 3 is 2.47 bits per heavy atom. The predicted molar refractivity (Wildman–Crippen MR) is 63.7 cm³/mol. The quantitative estimate of drug-likeness (QED) is 0.622. The van der Waals surface area contributed by atoms with E-state index in [0.717, 1.165) is 13.0 Å². The highest BCUT2D eigenvalue weighted by Gasteiger charge is 2.15. The maximum Gasteiger partial charge on any atom is 0.234 e. The van der Waals surface area contributed by atoms with E-state index in [2.05, 4.69) is 31.1 Å². The highest BCUT2D eigenvalue weighted by atomic mass is 16.1. The highest BCUT2D eigenvalue weighted by Crippen LogP contribution is 2.05. The lowest BCUT2D eigenvalue weighted by Crippen LogP contribution is -2.42. The topological polar surface area (TPSA) is 58.4 Å². The van der Waals surface area contributed by atoms with Crippen molar-refractivity contribution in [1.29, 1.82) is 0 Å². The van der Waals surface area contributed by atoms with Gasteiger partial charge >= 0.3 is 0 Å². The van der Waals surface area contributed by atoms with Gasteiger partial charge in [-0.2, -0.15) is 0 Å². The van der Waals surface area contributed by atoms with Gasteiger partial charge in [-0.15, -0.1) is 0 Å². The minimum Gasteiger partial charge on any atom is -0.368 e. The molecule has 0 fully saturated rings. The lowest BCUT2D eigenvalue weighted by atomic mass is 10.1. The summed E-state index contributed by atoms with van der Waals surface area (Å²) in [5.74, 6) is -0.269. The third kappa shape index (κ3) is 5.74. The molecule has 0 heterocycles. The van der Waals surface area contributed by atoms with Crippen LogP contribution in [0.15, 0.2) is 0 Å². The molecule has 3 N–H and O–H groups in total. The fourth-order valence-corrected chi connectivity index (χ4v) is 1.62. The molecule has 2 unspecified atom stereocenters. The molecule has 0 aromatic heterocycles. The standard InChI is InChI=1S/C11H25N3O/c1-5-6-9(2)14(4)8-7-10(13-3)11(12)15/h9-10,13H,5-8H2,1-4H3,(H2,12,15). The van der Waals surface area contributed by atoms with Crippen molar-refractivity contribution >= 4 is 5.91 Å². The predicted octanol–water partition coefficient (Wildman–Crippen LogP) is 0.570. The van der Waals surface area contributed by atoms with Gasteiger partial charge in [0.1, 0.15) is 0 Å². The molecule has 0 aliphatic carbocycles. The van der Waals surface area contributed by atoms with Gasteiger partial charge in [0.05, 0.1) is 6.04 Å². The molecule has 2 atom stereocenters. The number of amides is 1. The second-order valence-corrected chi connectivity index (χ2v) is 4.15. The average molecular weight is 215 g/mol. The van der Waals surface area contributed by atoms with Gasteiger partial charge < -0.3 is 16.0 Å². The summed E-state index contributed by atoms with van der Waals surface area (Å²) in [7, 11) is 3.86. The van der Waals surface area contributed by atoms with Crippen LogP contribution in [0.4, 0.5) is 0 Å². The van der Waals surface area contributed by atoms with Crippen LogP contribution in [0.1, 0.15) is 33.1 Å². The first-order valence-corrected chi connectivity index (χ1v) is 5.69. The lowest BCUT2D eigenvalue weighted by molar-refractivity contribution is -0.120. The van der Waals surface area contributed by atoms with Crippen molar-refractivity contribution in [3.63, 3.8) is 0 Å². The van der Waals surface area contributed by atoms with Gasteiger partial charge in [0.15, 0.2) is 0 Å². The van der Waals surface area contributed by atoms with Crippen LogP contribution in [0.3, 0.4) is 0 Å². The average Bonchev–Trinajstić information content (AvgIpc) is 2.18. The first-order valence-electron chi connectivity index (χ1n) is 5.69. The minimum absolute atomic E-state index is 0.207. The van der Waals surface area contributed by atoms with E-state index in [4.69, 9.17) is 5.73 Å². The largest absolute Gasteiger partial charge is 0.368 e. The van der Waals surface area contributed by atoms with Gasteiger partial charge in [0.25, 0.3) is 0 Å². The molecule has 4 heteroatoms. The van der Waals surface area contributed by atoms with E-state index in [1.807, 2.05) is 0 Å². The Hall–Kier alpha value is -0.610. The molecule has 90 valence electrons. The summed E-state index contributed by atoms with van der Waals surface area (Å²) >= 11 is 0. The van der Waals surface area contributed by atoms with E-state index in [9.17, 15) is 4.79 Å². The second kappa shape index (κ2) is 7.65. The summed E-state index contributed by atoms with van der Waals surface area (Å²) in [5, 5.41) is 2.93. The van der Waals surface area contributed by atoms with Gasteiger partial charge in [-0.05, 0) is 33.9 Å². The molecule has 1 amide bonds. The van der Waals surface area contributed by atoms with Gasteiger partial charge in [0.2, 0.25) is 5.91 Å². The van der Waals surface area contributed by atoms with Crippen LogP contribution in [-0.4, -0.2) is 43.5 Å². The van der Waals surface area contributed by atoms with Crippen molar-refractivity contribution in [3.05, 3.63) is 0 Å². The minimum atomic E-state index is -0.269. The first-order chi connectivity index (χ1) is 7.02. The summed E-state index contributed by atoms with van der Waals surface area (Å²) in [6.45, 7) is 5.29. The number of likely N-dealkylation sites (N-methyl/N-ethyl adjacent to an activating group) is 1. The highest BCUT2D eigenvalue weighted by molar-refractivity contribution is 5.79. The van der Waals surface area contributed by atoms with E-state index < -0.39 is 0 Å². The van der Waals surface area contributed by atoms with Crippen LogP contribution in [0.5, 0.6) is 0 Å². The Bertz CT molecular complexity index is 185. The molecule has 0 aliphatic heterocycles. The molecule has 0 radical (unpaired) electrons. The van der Waals surface area contributed by atoms with Gasteiger partial charge in [0, 0.05) is 12.6 Å². The summed E-state index contributed by atoms with van der Waals surface area (Å²) in [6, 6.07) is 0.363. The molecular formula is C11H25N3O. The van der Waals surface area contributed by atoms with Crippen LogP contribution in [0, 0.1) is 0 Å². The van der Waals surface area contributed by atoms with Crippen molar-refractivity contribution in [2.24, 2.45) is 5.73 Å². The number of hydrogen-bond donors (Lipinski definition) is 2. The third-order valence-corrected chi connectivity index (χ3v) is 2.92. The van der Waals surface area contributed by atoms with Crippen molar-refractivity contribution in [1.82, 2.24) is 10.2 Å². The second-order valence-electron chi connectivity index (χ2n) is 4.15. The summed E-state index contributed by atoms with van der Waals surface area (Å²) in [5.41, 5.74) is 5.25. The summed E-state index contributed by atoms with van der Waals surface area (Å²) < 4.78 is 0. The van der Waals surface area contributed by atoms with Crippen LogP contribution in [-0.2, 0) is 4.79 Å². The zero-order chi connectivity index (χ0) is 11.8.